The van der Waals surface area contributed by atoms with Gasteiger partial charge in [0.15, 0.2) is 0 Å². The van der Waals surface area contributed by atoms with E-state index in [1.165, 1.54) is 16.8 Å². The Morgan fingerprint density at radius 1 is 1.14 bits per heavy atom. The number of pyridine rings is 3. The molecule has 1 fully saturated rings. The molecule has 1 amide bonds. The normalized spacial score (nSPS) is 16.5. The molecule has 1 aliphatic rings. The van der Waals surface area contributed by atoms with Gasteiger partial charge in [-0.3, -0.25) is 9.78 Å². The van der Waals surface area contributed by atoms with Crippen molar-refractivity contribution >= 4 is 22.7 Å². The van der Waals surface area contributed by atoms with Crippen molar-refractivity contribution < 1.29 is 22.7 Å². The molecule has 1 atom stereocenters. The van der Waals surface area contributed by atoms with Crippen molar-refractivity contribution in [3.63, 3.8) is 0 Å². The molecule has 0 spiro atoms. The van der Waals surface area contributed by atoms with E-state index in [2.05, 4.69) is 15.3 Å². The maximum absolute atomic E-state index is 13.1. The first-order valence-corrected chi connectivity index (χ1v) is 11.1. The average Bonchev–Trinajstić information content (AvgIpc) is 3.23. The minimum Gasteiger partial charge on any atom is -0.444 e. The van der Waals surface area contributed by atoms with E-state index in [0.717, 1.165) is 12.3 Å². The van der Waals surface area contributed by atoms with Crippen molar-refractivity contribution in [2.75, 3.05) is 18.4 Å². The van der Waals surface area contributed by atoms with E-state index < -0.39 is 23.4 Å². The fourth-order valence-corrected chi connectivity index (χ4v) is 3.94. The summed E-state index contributed by atoms with van der Waals surface area (Å²) in [4.78, 5) is 35.4. The zero-order valence-electron chi connectivity index (χ0n) is 19.8. The van der Waals surface area contributed by atoms with Gasteiger partial charge in [-0.25, -0.2) is 9.78 Å². The van der Waals surface area contributed by atoms with E-state index in [1.807, 2.05) is 0 Å². The molecule has 8 nitrogen and oxygen atoms in total. The number of anilines is 1. The van der Waals surface area contributed by atoms with Gasteiger partial charge in [0.05, 0.1) is 16.6 Å². The van der Waals surface area contributed by atoms with Gasteiger partial charge in [0.2, 0.25) is 0 Å². The highest BCUT2D eigenvalue weighted by Crippen LogP contribution is 2.33. The van der Waals surface area contributed by atoms with Gasteiger partial charge < -0.3 is 19.5 Å². The summed E-state index contributed by atoms with van der Waals surface area (Å²) in [6, 6.07) is 3.77. The topological polar surface area (TPSA) is 89.3 Å². The molecule has 1 aliphatic heterocycles. The quantitative estimate of drug-likeness (QED) is 0.585. The molecule has 4 rings (SSSR count). The third-order valence-electron chi connectivity index (χ3n) is 5.67. The average molecular weight is 489 g/mol. The van der Waals surface area contributed by atoms with Gasteiger partial charge in [-0.05, 0) is 45.4 Å². The molecule has 11 heteroatoms. The number of ether oxygens (including phenoxy) is 1. The third-order valence-corrected chi connectivity index (χ3v) is 5.67. The van der Waals surface area contributed by atoms with Gasteiger partial charge in [0.25, 0.3) is 5.56 Å². The lowest BCUT2D eigenvalue weighted by atomic mass is 10.0. The van der Waals surface area contributed by atoms with Crippen molar-refractivity contribution in [1.29, 1.82) is 0 Å². The Morgan fingerprint density at radius 2 is 1.89 bits per heavy atom. The second-order valence-corrected chi connectivity index (χ2v) is 9.53. The second-order valence-electron chi connectivity index (χ2n) is 9.53. The van der Waals surface area contributed by atoms with Gasteiger partial charge in [-0.2, -0.15) is 13.2 Å². The Bertz CT molecular complexity index is 1310. The van der Waals surface area contributed by atoms with Crippen LogP contribution >= 0.6 is 0 Å². The number of hydrogen-bond acceptors (Lipinski definition) is 6. The number of alkyl halides is 3. The third kappa shape index (κ3) is 5.23. The lowest BCUT2D eigenvalue weighted by Gasteiger charge is -2.24. The maximum Gasteiger partial charge on any atom is 0.417 e. The van der Waals surface area contributed by atoms with Crippen LogP contribution < -0.4 is 10.9 Å². The summed E-state index contributed by atoms with van der Waals surface area (Å²) in [6.07, 6.45) is -0.429. The molecule has 0 radical (unpaired) electrons. The van der Waals surface area contributed by atoms with Crippen molar-refractivity contribution in [2.45, 2.75) is 45.0 Å². The number of carbonyl (C=O) groups is 1. The van der Waals surface area contributed by atoms with Crippen LogP contribution in [0.3, 0.4) is 0 Å². The molecular weight excluding hydrogens is 463 g/mol. The van der Waals surface area contributed by atoms with Gasteiger partial charge in [-0.1, -0.05) is 0 Å². The molecule has 1 N–H and O–H groups in total. The Morgan fingerprint density at radius 3 is 2.51 bits per heavy atom. The van der Waals surface area contributed by atoms with Crippen molar-refractivity contribution in [3.05, 3.63) is 52.7 Å². The molecule has 0 aromatic carbocycles. The number of hydrogen-bond donors (Lipinski definition) is 1. The van der Waals surface area contributed by atoms with Crippen LogP contribution in [0.2, 0.25) is 0 Å². The number of nitrogens with zero attached hydrogens (tertiary/aromatic N) is 4. The van der Waals surface area contributed by atoms with Gasteiger partial charge >= 0.3 is 12.3 Å². The molecule has 35 heavy (non-hydrogen) atoms. The summed E-state index contributed by atoms with van der Waals surface area (Å²) in [5.74, 6) is 0.341. The van der Waals surface area contributed by atoms with Gasteiger partial charge in [0, 0.05) is 55.7 Å². The van der Waals surface area contributed by atoms with Crippen LogP contribution in [0.5, 0.6) is 0 Å². The molecule has 4 heterocycles. The molecule has 186 valence electrons. The standard InChI is InChI=1S/C24H26F3N5O3/c1-23(2,3)35-22(34)32-10-7-15(13-32)30-20-19-16(8-9-31(4)21(19)33)17(12-29-20)18-6-5-14(11-28-18)24(25,26)27/h5-6,8-9,11-12,15H,7,10,13H2,1-4H3,(H,29,30)/t15-/m0/s1. The number of aromatic nitrogens is 3. The fourth-order valence-electron chi connectivity index (χ4n) is 3.94. The van der Waals surface area contributed by atoms with Crippen LogP contribution in [0.4, 0.5) is 23.8 Å². The monoisotopic (exact) mass is 489 g/mol. The van der Waals surface area contributed by atoms with Crippen molar-refractivity contribution in [2.24, 2.45) is 7.05 Å². The van der Waals surface area contributed by atoms with Crippen molar-refractivity contribution in [1.82, 2.24) is 19.4 Å². The number of nitrogens with one attached hydrogen (secondary N) is 1. The fraction of sp³-hybridized carbons (Fsp3) is 0.417. The Hall–Kier alpha value is -3.63. The molecule has 0 aliphatic carbocycles. The van der Waals surface area contributed by atoms with Crippen molar-refractivity contribution in [3.8, 4) is 11.3 Å². The van der Waals surface area contributed by atoms with E-state index in [9.17, 15) is 22.8 Å². The van der Waals surface area contributed by atoms with E-state index >= 15 is 0 Å². The van der Waals surface area contributed by atoms with Crippen LogP contribution in [-0.2, 0) is 18.0 Å². The second kappa shape index (κ2) is 8.86. The largest absolute Gasteiger partial charge is 0.444 e. The summed E-state index contributed by atoms with van der Waals surface area (Å²) in [5, 5.41) is 4.07. The number of rotatable bonds is 3. The smallest absolute Gasteiger partial charge is 0.417 e. The highest BCUT2D eigenvalue weighted by molar-refractivity contribution is 6.00. The summed E-state index contributed by atoms with van der Waals surface area (Å²) in [6.45, 7) is 6.28. The Kier molecular flexibility index (Phi) is 6.20. The summed E-state index contributed by atoms with van der Waals surface area (Å²) in [7, 11) is 1.61. The van der Waals surface area contributed by atoms with E-state index in [4.69, 9.17) is 4.74 Å². The first kappa shape index (κ1) is 24.5. The first-order chi connectivity index (χ1) is 16.3. The molecule has 0 unspecified atom stereocenters. The lowest BCUT2D eigenvalue weighted by Crippen LogP contribution is -2.36. The molecular formula is C24H26F3N5O3. The summed E-state index contributed by atoms with van der Waals surface area (Å²) in [5.41, 5.74) is -1.06. The van der Waals surface area contributed by atoms with Crippen LogP contribution in [0, 0.1) is 0 Å². The van der Waals surface area contributed by atoms with Crippen LogP contribution in [-0.4, -0.2) is 50.3 Å². The number of carbonyl (C=O) groups excluding carboxylic acids is 1. The SMILES string of the molecule is Cn1ccc2c(-c3ccc(C(F)(F)F)cn3)cnc(N[C@H]3CCN(C(=O)OC(C)(C)C)C3)c2c1=O. The van der Waals surface area contributed by atoms with Crippen LogP contribution in [0.15, 0.2) is 41.6 Å². The number of fused-ring (bicyclic) bond motifs is 1. The number of halogens is 3. The Balaban J connectivity index is 1.65. The molecule has 1 saturated heterocycles. The van der Waals surface area contributed by atoms with E-state index in [1.54, 1.807) is 45.0 Å². The van der Waals surface area contributed by atoms with Crippen LogP contribution in [0.25, 0.3) is 22.0 Å². The minimum absolute atomic E-state index is 0.154. The minimum atomic E-state index is -4.50. The van der Waals surface area contributed by atoms with E-state index in [0.29, 0.717) is 41.7 Å². The number of likely N-dealkylation sites (tertiary alicyclic amines) is 1. The Labute approximate surface area is 199 Å². The molecule has 0 saturated carbocycles. The highest BCUT2D eigenvalue weighted by atomic mass is 19.4. The predicted molar refractivity (Wildman–Crippen MR) is 125 cm³/mol. The lowest BCUT2D eigenvalue weighted by molar-refractivity contribution is -0.137. The zero-order chi connectivity index (χ0) is 25.5. The van der Waals surface area contributed by atoms with Gasteiger partial charge in [-0.15, -0.1) is 0 Å². The highest BCUT2D eigenvalue weighted by Gasteiger charge is 2.32. The van der Waals surface area contributed by atoms with E-state index in [-0.39, 0.29) is 17.3 Å². The maximum atomic E-state index is 13.1. The number of aryl methyl sites for hydroxylation is 1. The number of amides is 1. The molecule has 3 aromatic heterocycles. The van der Waals surface area contributed by atoms with Gasteiger partial charge in [0.1, 0.15) is 11.4 Å². The molecule has 0 bridgehead atoms. The molecule has 3 aromatic rings. The first-order valence-electron chi connectivity index (χ1n) is 11.1. The zero-order valence-corrected chi connectivity index (χ0v) is 19.8. The summed E-state index contributed by atoms with van der Waals surface area (Å²) < 4.78 is 45.7. The predicted octanol–water partition coefficient (Wildman–Crippen LogP) is 4.44. The summed E-state index contributed by atoms with van der Waals surface area (Å²) >= 11 is 0. The van der Waals surface area contributed by atoms with Crippen LogP contribution in [0.1, 0.15) is 32.8 Å².